The SMILES string of the molecule is CC(Oc1ccccc1)Oc1ccc(C2=CCCCC2)cc1. The van der Waals surface area contributed by atoms with E-state index in [9.17, 15) is 0 Å². The maximum atomic E-state index is 5.82. The number of rotatable bonds is 5. The van der Waals surface area contributed by atoms with Gasteiger partial charge in [-0.2, -0.15) is 0 Å². The van der Waals surface area contributed by atoms with E-state index in [4.69, 9.17) is 9.47 Å². The highest BCUT2D eigenvalue weighted by Crippen LogP contribution is 2.28. The van der Waals surface area contributed by atoms with Gasteiger partial charge in [0.05, 0.1) is 0 Å². The number of benzene rings is 2. The lowest BCUT2D eigenvalue weighted by Crippen LogP contribution is -2.19. The molecule has 0 heterocycles. The third kappa shape index (κ3) is 3.91. The van der Waals surface area contributed by atoms with E-state index in [1.807, 2.05) is 49.4 Å². The van der Waals surface area contributed by atoms with Crippen LogP contribution in [0.4, 0.5) is 0 Å². The minimum atomic E-state index is -0.317. The Kier molecular flexibility index (Phi) is 4.79. The molecule has 0 aliphatic heterocycles. The van der Waals surface area contributed by atoms with Crippen LogP contribution in [0.2, 0.25) is 0 Å². The zero-order valence-corrected chi connectivity index (χ0v) is 13.0. The van der Waals surface area contributed by atoms with Crippen molar-refractivity contribution in [2.75, 3.05) is 0 Å². The van der Waals surface area contributed by atoms with Gasteiger partial charge in [-0.15, -0.1) is 0 Å². The number of hydrogen-bond donors (Lipinski definition) is 0. The van der Waals surface area contributed by atoms with Crippen LogP contribution in [-0.4, -0.2) is 6.29 Å². The fourth-order valence-corrected chi connectivity index (χ4v) is 2.75. The topological polar surface area (TPSA) is 18.5 Å². The number of para-hydroxylation sites is 1. The fourth-order valence-electron chi connectivity index (χ4n) is 2.75. The van der Waals surface area contributed by atoms with Crippen molar-refractivity contribution < 1.29 is 9.47 Å². The smallest absolute Gasteiger partial charge is 0.238 e. The van der Waals surface area contributed by atoms with E-state index in [1.165, 1.54) is 36.8 Å². The average molecular weight is 294 g/mol. The summed E-state index contributed by atoms with van der Waals surface area (Å²) in [6, 6.07) is 18.1. The van der Waals surface area contributed by atoms with Gasteiger partial charge in [0, 0.05) is 6.92 Å². The Morgan fingerprint density at radius 1 is 0.818 bits per heavy atom. The summed E-state index contributed by atoms with van der Waals surface area (Å²) in [5, 5.41) is 0. The van der Waals surface area contributed by atoms with E-state index in [-0.39, 0.29) is 6.29 Å². The third-order valence-corrected chi connectivity index (χ3v) is 3.86. The summed E-state index contributed by atoms with van der Waals surface area (Å²) in [6.45, 7) is 1.91. The highest BCUT2D eigenvalue weighted by Gasteiger charge is 2.08. The molecule has 2 aromatic carbocycles. The Morgan fingerprint density at radius 3 is 2.14 bits per heavy atom. The van der Waals surface area contributed by atoms with Crippen molar-refractivity contribution in [3.05, 3.63) is 66.2 Å². The minimum absolute atomic E-state index is 0.317. The minimum Gasteiger partial charge on any atom is -0.455 e. The summed E-state index contributed by atoms with van der Waals surface area (Å²) < 4.78 is 11.6. The molecule has 0 saturated heterocycles. The highest BCUT2D eigenvalue weighted by atomic mass is 16.7. The molecule has 0 bridgehead atoms. The van der Waals surface area contributed by atoms with Crippen LogP contribution in [0.3, 0.4) is 0 Å². The molecule has 2 aromatic rings. The van der Waals surface area contributed by atoms with Crippen molar-refractivity contribution in [2.45, 2.75) is 38.9 Å². The zero-order chi connectivity index (χ0) is 15.2. The molecule has 1 aliphatic rings. The lowest BCUT2D eigenvalue weighted by Gasteiger charge is -2.17. The van der Waals surface area contributed by atoms with E-state index >= 15 is 0 Å². The molecule has 1 aliphatic carbocycles. The van der Waals surface area contributed by atoms with Crippen LogP contribution in [0.15, 0.2) is 60.7 Å². The Hall–Kier alpha value is -2.22. The van der Waals surface area contributed by atoms with Gasteiger partial charge in [0.15, 0.2) is 0 Å². The van der Waals surface area contributed by atoms with E-state index in [1.54, 1.807) is 0 Å². The standard InChI is InChI=1S/C20H22O2/c1-16(21-19-10-6-3-7-11-19)22-20-14-12-18(13-15-20)17-8-4-2-5-9-17/h3,6-8,10-16H,2,4-5,9H2,1H3. The average Bonchev–Trinajstić information content (AvgIpc) is 2.57. The number of allylic oxidation sites excluding steroid dienone is 2. The van der Waals surface area contributed by atoms with Gasteiger partial charge < -0.3 is 9.47 Å². The maximum Gasteiger partial charge on any atom is 0.238 e. The quantitative estimate of drug-likeness (QED) is 0.683. The molecule has 2 heteroatoms. The molecule has 3 rings (SSSR count). The van der Waals surface area contributed by atoms with Crippen LogP contribution < -0.4 is 9.47 Å². The Labute approximate surface area is 132 Å². The zero-order valence-electron chi connectivity index (χ0n) is 13.0. The summed E-state index contributed by atoms with van der Waals surface area (Å²) >= 11 is 0. The van der Waals surface area contributed by atoms with E-state index in [2.05, 4.69) is 18.2 Å². The van der Waals surface area contributed by atoms with Gasteiger partial charge >= 0.3 is 0 Å². The third-order valence-electron chi connectivity index (χ3n) is 3.86. The summed E-state index contributed by atoms with van der Waals surface area (Å²) in [4.78, 5) is 0. The molecule has 22 heavy (non-hydrogen) atoms. The van der Waals surface area contributed by atoms with Gasteiger partial charge in [0.1, 0.15) is 11.5 Å². The molecule has 1 unspecified atom stereocenters. The van der Waals surface area contributed by atoms with Crippen molar-refractivity contribution in [1.29, 1.82) is 0 Å². The van der Waals surface area contributed by atoms with Crippen LogP contribution in [0, 0.1) is 0 Å². The van der Waals surface area contributed by atoms with E-state index < -0.39 is 0 Å². The van der Waals surface area contributed by atoms with E-state index in [0.717, 1.165) is 11.5 Å². The molecular formula is C20H22O2. The van der Waals surface area contributed by atoms with Gasteiger partial charge in [0.2, 0.25) is 6.29 Å². The van der Waals surface area contributed by atoms with Gasteiger partial charge in [-0.25, -0.2) is 0 Å². The first-order valence-electron chi connectivity index (χ1n) is 7.99. The number of ether oxygens (including phenoxy) is 2. The van der Waals surface area contributed by atoms with Crippen molar-refractivity contribution >= 4 is 5.57 Å². The summed E-state index contributed by atoms with van der Waals surface area (Å²) in [6.07, 6.45) is 7.05. The Bertz CT molecular complexity index is 614. The maximum absolute atomic E-state index is 5.82. The molecule has 0 spiro atoms. The summed E-state index contributed by atoms with van der Waals surface area (Å²) in [5.74, 6) is 1.66. The highest BCUT2D eigenvalue weighted by molar-refractivity contribution is 5.66. The normalized spacial score (nSPS) is 15.8. The lowest BCUT2D eigenvalue weighted by atomic mass is 9.94. The van der Waals surface area contributed by atoms with Crippen LogP contribution in [-0.2, 0) is 0 Å². The van der Waals surface area contributed by atoms with Crippen LogP contribution in [0.5, 0.6) is 11.5 Å². The van der Waals surface area contributed by atoms with Crippen LogP contribution in [0.25, 0.3) is 5.57 Å². The monoisotopic (exact) mass is 294 g/mol. The van der Waals surface area contributed by atoms with Gasteiger partial charge in [-0.1, -0.05) is 36.4 Å². The first-order chi connectivity index (χ1) is 10.8. The molecule has 0 fully saturated rings. The largest absolute Gasteiger partial charge is 0.455 e. The molecule has 0 amide bonds. The predicted octanol–water partition coefficient (Wildman–Crippen LogP) is 5.45. The van der Waals surface area contributed by atoms with E-state index in [0.29, 0.717) is 0 Å². The lowest BCUT2D eigenvalue weighted by molar-refractivity contribution is 0.0223. The summed E-state index contributed by atoms with van der Waals surface area (Å²) in [7, 11) is 0. The molecule has 1 atom stereocenters. The molecule has 0 aromatic heterocycles. The first kappa shape index (κ1) is 14.7. The van der Waals surface area contributed by atoms with Crippen LogP contribution in [0.1, 0.15) is 38.2 Å². The number of hydrogen-bond acceptors (Lipinski definition) is 2. The predicted molar refractivity (Wildman–Crippen MR) is 90.0 cm³/mol. The van der Waals surface area contributed by atoms with Crippen molar-refractivity contribution in [2.24, 2.45) is 0 Å². The Balaban J connectivity index is 1.60. The van der Waals surface area contributed by atoms with Gasteiger partial charge in [0.25, 0.3) is 0 Å². The summed E-state index contributed by atoms with van der Waals surface area (Å²) in [5.41, 5.74) is 2.77. The van der Waals surface area contributed by atoms with Crippen molar-refractivity contribution in [1.82, 2.24) is 0 Å². The van der Waals surface area contributed by atoms with Gasteiger partial charge in [-0.3, -0.25) is 0 Å². The molecule has 2 nitrogen and oxygen atoms in total. The second kappa shape index (κ2) is 7.17. The molecule has 114 valence electrons. The molecular weight excluding hydrogens is 272 g/mol. The van der Waals surface area contributed by atoms with Crippen LogP contribution >= 0.6 is 0 Å². The molecule has 0 N–H and O–H groups in total. The van der Waals surface area contributed by atoms with Crippen molar-refractivity contribution in [3.8, 4) is 11.5 Å². The molecule has 0 radical (unpaired) electrons. The van der Waals surface area contributed by atoms with Crippen molar-refractivity contribution in [3.63, 3.8) is 0 Å². The Morgan fingerprint density at radius 2 is 1.50 bits per heavy atom. The second-order valence-corrected chi connectivity index (χ2v) is 5.62. The first-order valence-corrected chi connectivity index (χ1v) is 7.99. The molecule has 0 saturated carbocycles. The van der Waals surface area contributed by atoms with Gasteiger partial charge in [-0.05, 0) is 61.1 Å². The fraction of sp³-hybridized carbons (Fsp3) is 0.300. The second-order valence-electron chi connectivity index (χ2n) is 5.62.